The zero-order chi connectivity index (χ0) is 20.7. The largest absolute Gasteiger partial charge is 0.444 e. The second kappa shape index (κ2) is 7.09. The van der Waals surface area contributed by atoms with Crippen LogP contribution in [0.1, 0.15) is 53.2 Å². The van der Waals surface area contributed by atoms with Crippen LogP contribution in [0.15, 0.2) is 21.5 Å². The number of halogens is 1. The minimum Gasteiger partial charge on any atom is -0.444 e. The third kappa shape index (κ3) is 4.04. The predicted molar refractivity (Wildman–Crippen MR) is 110 cm³/mol. The van der Waals surface area contributed by atoms with Gasteiger partial charge in [0.25, 0.3) is 0 Å². The lowest BCUT2D eigenvalue weighted by molar-refractivity contribution is 0.0560. The molecule has 0 fully saturated rings. The number of amidine groups is 1. The average Bonchev–Trinajstić information content (AvgIpc) is 2.56. The minimum absolute atomic E-state index is 0.173. The van der Waals surface area contributed by atoms with Gasteiger partial charge in [-0.25, -0.2) is 14.2 Å². The number of nitrogens with one attached hydrogen (secondary N) is 1. The van der Waals surface area contributed by atoms with Crippen LogP contribution in [0.4, 0.5) is 15.0 Å². The van der Waals surface area contributed by atoms with E-state index in [1.807, 2.05) is 6.92 Å². The normalized spacial score (nSPS) is 29.9. The number of nitrogen functional groups attached to an aromatic ring is 1. The van der Waals surface area contributed by atoms with Gasteiger partial charge in [0.2, 0.25) is 0 Å². The first kappa shape index (κ1) is 20.7. The van der Waals surface area contributed by atoms with E-state index in [1.54, 1.807) is 20.8 Å². The van der Waals surface area contributed by atoms with Crippen molar-refractivity contribution in [3.8, 4) is 0 Å². The van der Waals surface area contributed by atoms with Crippen molar-refractivity contribution in [1.29, 1.82) is 0 Å². The van der Waals surface area contributed by atoms with Crippen molar-refractivity contribution in [2.24, 2.45) is 9.36 Å². The van der Waals surface area contributed by atoms with Crippen LogP contribution < -0.4 is 11.1 Å². The fraction of sp³-hybridized carbons (Fsp3) is 0.632. The Morgan fingerprint density at radius 3 is 2.75 bits per heavy atom. The number of aliphatic imine (C=N–C) groups is 1. The molecule has 3 heterocycles. The molecule has 0 saturated heterocycles. The van der Waals surface area contributed by atoms with E-state index in [4.69, 9.17) is 19.8 Å². The quantitative estimate of drug-likeness (QED) is 0.743. The zero-order valence-electron chi connectivity index (χ0n) is 17.0. The third-order valence-corrected chi connectivity index (χ3v) is 7.62. The third-order valence-electron chi connectivity index (χ3n) is 4.85. The predicted octanol–water partition coefficient (Wildman–Crippen LogP) is 3.31. The maximum atomic E-state index is 14.6. The van der Waals surface area contributed by atoms with E-state index in [9.17, 15) is 9.18 Å². The summed E-state index contributed by atoms with van der Waals surface area (Å²) < 4.78 is 24.4. The van der Waals surface area contributed by atoms with Gasteiger partial charge in [-0.05, 0) is 59.6 Å². The Morgan fingerprint density at radius 2 is 2.07 bits per heavy atom. The lowest BCUT2D eigenvalue weighted by Gasteiger charge is -2.44. The Morgan fingerprint density at radius 1 is 1.36 bits per heavy atom. The molecule has 0 aromatic carbocycles. The van der Waals surface area contributed by atoms with E-state index in [0.717, 1.165) is 19.4 Å². The van der Waals surface area contributed by atoms with Gasteiger partial charge in [-0.2, -0.15) is 0 Å². The molecular formula is C19H28FN5O2S. The number of nitrogens with zero attached hydrogens (tertiary/aromatic N) is 3. The van der Waals surface area contributed by atoms with Crippen LogP contribution in [0.2, 0.25) is 0 Å². The van der Waals surface area contributed by atoms with Gasteiger partial charge in [0.15, 0.2) is 0 Å². The number of alkyl carbamates (subject to hydrolysis) is 1. The Kier molecular flexibility index (Phi) is 5.24. The minimum atomic E-state index is -0.979. The monoisotopic (exact) mass is 409 g/mol. The molecule has 0 aliphatic carbocycles. The number of hydrogen-bond donors (Lipinski definition) is 2. The molecule has 1 aromatic rings. The van der Waals surface area contributed by atoms with Gasteiger partial charge in [0, 0.05) is 12.3 Å². The van der Waals surface area contributed by atoms with Gasteiger partial charge < -0.3 is 10.5 Å². The van der Waals surface area contributed by atoms with Gasteiger partial charge in [-0.15, -0.1) is 0 Å². The second-order valence-corrected chi connectivity index (χ2v) is 10.8. The number of fused-ring (bicyclic) bond motifs is 1. The number of carbonyl (C=O) groups excluding carboxylic acids is 1. The standard InChI is InChI=1S/C19H28FN5O2S/c1-17(2,3)27-16(26)24-15-19(5)9-6-10-22-28(19)11-18(4,25-15)14-12(20)7-8-13(21)23-14/h7-8H,6,9-11H2,1-5H3,(H2,21,23)(H,24,25,26)/t18-,19-,28?/m0/s1. The molecule has 154 valence electrons. The summed E-state index contributed by atoms with van der Waals surface area (Å²) in [5.74, 6) is 0.759. The molecule has 1 aromatic heterocycles. The van der Waals surface area contributed by atoms with E-state index < -0.39 is 38.5 Å². The number of amides is 1. The van der Waals surface area contributed by atoms with Crippen LogP contribution in [-0.2, 0) is 21.0 Å². The molecule has 2 aliphatic heterocycles. The first-order valence-electron chi connectivity index (χ1n) is 9.34. The Bertz CT molecular complexity index is 866. The van der Waals surface area contributed by atoms with E-state index in [0.29, 0.717) is 11.6 Å². The lowest BCUT2D eigenvalue weighted by Crippen LogP contribution is -2.58. The molecule has 0 saturated carbocycles. The summed E-state index contributed by atoms with van der Waals surface area (Å²) in [4.78, 5) is 21.5. The first-order valence-corrected chi connectivity index (χ1v) is 10.7. The SMILES string of the molecule is CC(C)(C)OC(=O)NC1=N[C@](C)(c2nc(N)ccc2F)CS2=NCCC[C@@]12C. The van der Waals surface area contributed by atoms with Crippen molar-refractivity contribution in [3.05, 3.63) is 23.6 Å². The van der Waals surface area contributed by atoms with Crippen LogP contribution >= 0.6 is 0 Å². The van der Waals surface area contributed by atoms with E-state index in [2.05, 4.69) is 17.2 Å². The second-order valence-electron chi connectivity index (χ2n) is 8.62. The Balaban J connectivity index is 2.07. The van der Waals surface area contributed by atoms with E-state index in [-0.39, 0.29) is 11.5 Å². The fourth-order valence-electron chi connectivity index (χ4n) is 3.47. The Hall–Kier alpha value is -2.03. The topological polar surface area (TPSA) is 102 Å². The maximum Gasteiger partial charge on any atom is 0.413 e. The molecular weight excluding hydrogens is 381 g/mol. The Labute approximate surface area is 167 Å². The highest BCUT2D eigenvalue weighted by Gasteiger charge is 2.48. The number of rotatable bonds is 1. The number of aromatic nitrogens is 1. The van der Waals surface area contributed by atoms with E-state index in [1.165, 1.54) is 12.1 Å². The summed E-state index contributed by atoms with van der Waals surface area (Å²) >= 11 is 0. The molecule has 0 spiro atoms. The number of nitrogens with two attached hydrogens (primary N) is 1. The first-order chi connectivity index (χ1) is 12.9. The lowest BCUT2D eigenvalue weighted by atomic mass is 9.96. The van der Waals surface area contributed by atoms with Crippen LogP contribution in [0, 0.1) is 5.82 Å². The number of carbonyl (C=O) groups is 1. The van der Waals surface area contributed by atoms with Crippen LogP contribution in [0.25, 0.3) is 0 Å². The highest BCUT2D eigenvalue weighted by Crippen LogP contribution is 2.40. The van der Waals surface area contributed by atoms with Gasteiger partial charge in [0.05, 0.1) is 4.75 Å². The van der Waals surface area contributed by atoms with Gasteiger partial charge >= 0.3 is 6.09 Å². The average molecular weight is 410 g/mol. The summed E-state index contributed by atoms with van der Waals surface area (Å²) in [7, 11) is -0.446. The molecule has 3 atom stereocenters. The number of hydrogen-bond acceptors (Lipinski definition) is 6. The molecule has 2 aliphatic rings. The fourth-order valence-corrected chi connectivity index (χ4v) is 5.94. The van der Waals surface area contributed by atoms with Crippen molar-refractivity contribution in [2.75, 3.05) is 18.0 Å². The van der Waals surface area contributed by atoms with Crippen molar-refractivity contribution in [3.63, 3.8) is 0 Å². The van der Waals surface area contributed by atoms with Gasteiger partial charge in [-0.1, -0.05) is 10.7 Å². The number of anilines is 1. The summed E-state index contributed by atoms with van der Waals surface area (Å²) in [5, 5.41) is 2.83. The smallest absolute Gasteiger partial charge is 0.413 e. The van der Waals surface area contributed by atoms with Crippen LogP contribution in [0.5, 0.6) is 0 Å². The summed E-state index contributed by atoms with van der Waals surface area (Å²) in [6.07, 6.45) is 1.18. The highest BCUT2D eigenvalue weighted by molar-refractivity contribution is 7.89. The van der Waals surface area contributed by atoms with Crippen LogP contribution in [0.3, 0.4) is 0 Å². The van der Waals surface area contributed by atoms with Crippen molar-refractivity contribution in [2.45, 2.75) is 63.3 Å². The van der Waals surface area contributed by atoms with E-state index >= 15 is 0 Å². The summed E-state index contributed by atoms with van der Waals surface area (Å²) in [6.45, 7) is 10.0. The van der Waals surface area contributed by atoms with Gasteiger partial charge in [-0.3, -0.25) is 14.7 Å². The molecule has 1 amide bonds. The summed E-state index contributed by atoms with van der Waals surface area (Å²) in [5.41, 5.74) is 4.36. The van der Waals surface area contributed by atoms with Crippen molar-refractivity contribution in [1.82, 2.24) is 10.3 Å². The number of ether oxygens (including phenoxy) is 1. The highest BCUT2D eigenvalue weighted by atomic mass is 32.2. The van der Waals surface area contributed by atoms with Crippen molar-refractivity contribution >= 4 is 28.4 Å². The van der Waals surface area contributed by atoms with Crippen molar-refractivity contribution < 1.29 is 13.9 Å². The molecule has 3 N–H and O–H groups in total. The molecule has 9 heteroatoms. The number of pyridine rings is 1. The molecule has 28 heavy (non-hydrogen) atoms. The molecule has 7 nitrogen and oxygen atoms in total. The molecule has 0 radical (unpaired) electrons. The molecule has 3 rings (SSSR count). The van der Waals surface area contributed by atoms with Gasteiger partial charge in [0.1, 0.15) is 34.3 Å². The molecule has 0 bridgehead atoms. The van der Waals surface area contributed by atoms with Crippen LogP contribution in [-0.4, -0.2) is 39.6 Å². The summed E-state index contributed by atoms with van der Waals surface area (Å²) in [6, 6.07) is 2.72. The maximum absolute atomic E-state index is 14.6. The zero-order valence-corrected chi connectivity index (χ0v) is 17.8. The molecule has 1 unspecified atom stereocenters.